The highest BCUT2D eigenvalue weighted by atomic mass is 19.4. The topological polar surface area (TPSA) is 105 Å². The zero-order valence-electron chi connectivity index (χ0n) is 14.9. The number of hydrogen-bond donors (Lipinski definition) is 3. The summed E-state index contributed by atoms with van der Waals surface area (Å²) in [5, 5.41) is 2.51. The van der Waals surface area contributed by atoms with E-state index in [0.717, 1.165) is 25.1 Å². The lowest BCUT2D eigenvalue weighted by Gasteiger charge is -2.27. The molecule has 0 spiro atoms. The van der Waals surface area contributed by atoms with Crippen molar-refractivity contribution in [3.8, 4) is 0 Å². The lowest BCUT2D eigenvalue weighted by molar-refractivity contribution is -0.367. The predicted molar refractivity (Wildman–Crippen MR) is 90.4 cm³/mol. The third kappa shape index (κ3) is 5.11. The average Bonchev–Trinajstić information content (AvgIpc) is 3.49. The molecule has 0 radical (unpaired) electrons. The summed E-state index contributed by atoms with van der Waals surface area (Å²) in [6.07, 6.45) is -0.868. The summed E-state index contributed by atoms with van der Waals surface area (Å²) >= 11 is 0. The van der Waals surface area contributed by atoms with Crippen LogP contribution in [0.5, 0.6) is 0 Å². The maximum Gasteiger partial charge on any atom is 0.419 e. The van der Waals surface area contributed by atoms with Crippen LogP contribution in [-0.2, 0) is 20.6 Å². The normalized spacial score (nSPS) is 17.8. The minimum absolute atomic E-state index is 0.0419. The standard InChI is InChI=1S/C17H20F3N5O3/c18-17(19,20)11-1-4-13(21-9-11)25-7-5-10(6-8-25)14(26)23-24-16(28)15(27)22-12-2-3-12/h1,4,9-10,12H,2-3,5-8H2,(H,22,27)(H,23,26)(H,24,28)/p+1. The van der Waals surface area contributed by atoms with Gasteiger partial charge in [0, 0.05) is 18.0 Å². The van der Waals surface area contributed by atoms with Gasteiger partial charge in [-0.05, 0) is 31.7 Å². The van der Waals surface area contributed by atoms with Gasteiger partial charge >= 0.3 is 18.0 Å². The first-order valence-electron chi connectivity index (χ1n) is 8.98. The van der Waals surface area contributed by atoms with E-state index in [1.807, 2.05) is 4.90 Å². The van der Waals surface area contributed by atoms with Gasteiger partial charge in [-0.2, -0.15) is 13.2 Å². The fraction of sp³-hybridized carbons (Fsp3) is 0.529. The summed E-state index contributed by atoms with van der Waals surface area (Å²) in [6, 6.07) is 2.41. The van der Waals surface area contributed by atoms with E-state index < -0.39 is 29.5 Å². The van der Waals surface area contributed by atoms with Crippen molar-refractivity contribution < 1.29 is 32.5 Å². The first-order valence-corrected chi connectivity index (χ1v) is 8.98. The number of alkyl halides is 3. The number of pyridine rings is 1. The van der Waals surface area contributed by atoms with Crippen LogP contribution in [0.3, 0.4) is 0 Å². The molecule has 11 heteroatoms. The largest absolute Gasteiger partial charge is 0.419 e. The Hall–Kier alpha value is -2.85. The molecule has 1 aliphatic heterocycles. The van der Waals surface area contributed by atoms with Crippen LogP contribution < -0.4 is 26.1 Å². The second-order valence-corrected chi connectivity index (χ2v) is 6.91. The molecule has 8 nitrogen and oxygen atoms in total. The number of hydrogen-bond acceptors (Lipinski definition) is 4. The van der Waals surface area contributed by atoms with Crippen LogP contribution in [0.2, 0.25) is 0 Å². The fourth-order valence-electron chi connectivity index (χ4n) is 2.93. The van der Waals surface area contributed by atoms with Crippen LogP contribution in [0.25, 0.3) is 0 Å². The van der Waals surface area contributed by atoms with E-state index in [1.54, 1.807) is 0 Å². The molecule has 0 aromatic carbocycles. The summed E-state index contributed by atoms with van der Waals surface area (Å²) in [4.78, 5) is 39.7. The molecule has 1 aromatic heterocycles. The number of carbonyl (C=O) groups excluding carboxylic acids is 3. The van der Waals surface area contributed by atoms with Crippen LogP contribution in [-0.4, -0.2) is 36.9 Å². The van der Waals surface area contributed by atoms with Gasteiger partial charge in [0.15, 0.2) is 0 Å². The Morgan fingerprint density at radius 3 is 2.21 bits per heavy atom. The van der Waals surface area contributed by atoms with Crippen molar-refractivity contribution in [2.75, 3.05) is 18.0 Å². The van der Waals surface area contributed by atoms with Crippen LogP contribution >= 0.6 is 0 Å². The van der Waals surface area contributed by atoms with Gasteiger partial charge < -0.3 is 5.32 Å². The van der Waals surface area contributed by atoms with Gasteiger partial charge in [0.1, 0.15) is 6.20 Å². The lowest BCUT2D eigenvalue weighted by Crippen LogP contribution is -2.51. The Bertz CT molecular complexity index is 741. The molecule has 3 amide bonds. The number of H-pyrrole nitrogens is 1. The lowest BCUT2D eigenvalue weighted by atomic mass is 9.96. The minimum atomic E-state index is -4.40. The van der Waals surface area contributed by atoms with Crippen LogP contribution in [0.1, 0.15) is 31.2 Å². The number of anilines is 1. The van der Waals surface area contributed by atoms with Gasteiger partial charge in [-0.1, -0.05) is 0 Å². The Morgan fingerprint density at radius 2 is 1.68 bits per heavy atom. The molecule has 1 aliphatic carbocycles. The summed E-state index contributed by atoms with van der Waals surface area (Å²) in [6.45, 7) is 0.937. The third-order valence-corrected chi connectivity index (χ3v) is 4.75. The SMILES string of the molecule is O=C(NNC(=O)C1CCN(c2ccc(C(F)(F)F)c[nH+]2)CC1)C(=O)NC1CC1. The molecular weight excluding hydrogens is 379 g/mol. The number of aromatic nitrogens is 1. The van der Waals surface area contributed by atoms with Crippen molar-refractivity contribution >= 4 is 23.5 Å². The molecule has 1 aromatic rings. The van der Waals surface area contributed by atoms with Crippen LogP contribution in [0.15, 0.2) is 18.3 Å². The molecule has 2 aliphatic rings. The summed E-state index contributed by atoms with van der Waals surface area (Å²) in [5.74, 6) is -1.93. The number of amides is 3. The maximum absolute atomic E-state index is 12.6. The van der Waals surface area contributed by atoms with E-state index in [9.17, 15) is 27.6 Å². The zero-order chi connectivity index (χ0) is 20.3. The third-order valence-electron chi connectivity index (χ3n) is 4.75. The molecule has 2 fully saturated rings. The van der Waals surface area contributed by atoms with Crippen molar-refractivity contribution in [1.29, 1.82) is 0 Å². The van der Waals surface area contributed by atoms with Crippen molar-refractivity contribution in [3.63, 3.8) is 0 Å². The van der Waals surface area contributed by atoms with E-state index in [0.29, 0.717) is 31.7 Å². The number of aromatic amines is 1. The number of nitrogens with zero attached hydrogens (tertiary/aromatic N) is 1. The summed E-state index contributed by atoms with van der Waals surface area (Å²) < 4.78 is 37.8. The Labute approximate surface area is 158 Å². The van der Waals surface area contributed by atoms with Gasteiger partial charge in [-0.25, -0.2) is 4.98 Å². The second kappa shape index (κ2) is 8.03. The van der Waals surface area contributed by atoms with Crippen LogP contribution in [0.4, 0.5) is 19.0 Å². The molecule has 0 unspecified atom stereocenters. The number of carbonyl (C=O) groups is 3. The number of piperidine rings is 1. The molecule has 3 rings (SSSR count). The van der Waals surface area contributed by atoms with Crippen LogP contribution in [0, 0.1) is 5.92 Å². The van der Waals surface area contributed by atoms with Gasteiger partial charge in [-0.15, -0.1) is 0 Å². The Balaban J connectivity index is 1.43. The van der Waals surface area contributed by atoms with Crippen molar-refractivity contribution in [2.45, 2.75) is 37.9 Å². The highest BCUT2D eigenvalue weighted by Gasteiger charge is 2.34. The highest BCUT2D eigenvalue weighted by molar-refractivity contribution is 6.35. The number of hydrazine groups is 1. The van der Waals surface area contributed by atoms with E-state index in [1.165, 1.54) is 6.07 Å². The molecule has 2 heterocycles. The second-order valence-electron chi connectivity index (χ2n) is 6.91. The average molecular weight is 400 g/mol. The van der Waals surface area contributed by atoms with Crippen molar-refractivity contribution in [3.05, 3.63) is 23.9 Å². The highest BCUT2D eigenvalue weighted by Crippen LogP contribution is 2.29. The molecule has 0 atom stereocenters. The molecule has 152 valence electrons. The van der Waals surface area contributed by atoms with Crippen molar-refractivity contribution in [2.24, 2.45) is 5.92 Å². The maximum atomic E-state index is 12.6. The molecule has 4 N–H and O–H groups in total. The summed E-state index contributed by atoms with van der Waals surface area (Å²) in [7, 11) is 0. The molecule has 0 bridgehead atoms. The van der Waals surface area contributed by atoms with E-state index in [-0.39, 0.29) is 12.0 Å². The molecular formula is C17H21F3N5O3+. The fourth-order valence-corrected chi connectivity index (χ4v) is 2.93. The Kier molecular flexibility index (Phi) is 5.71. The first kappa shape index (κ1) is 19.9. The van der Waals surface area contributed by atoms with Gasteiger partial charge in [0.2, 0.25) is 5.91 Å². The summed E-state index contributed by atoms with van der Waals surface area (Å²) in [5.41, 5.74) is 3.60. The first-order chi connectivity index (χ1) is 13.2. The molecule has 28 heavy (non-hydrogen) atoms. The monoisotopic (exact) mass is 400 g/mol. The van der Waals surface area contributed by atoms with Gasteiger partial charge in [-0.3, -0.25) is 30.1 Å². The minimum Gasteiger partial charge on any atom is -0.345 e. The van der Waals surface area contributed by atoms with Gasteiger partial charge in [0.25, 0.3) is 5.82 Å². The number of halogens is 3. The molecule has 1 saturated carbocycles. The quantitative estimate of drug-likeness (QED) is 0.497. The number of rotatable bonds is 3. The van der Waals surface area contributed by atoms with E-state index >= 15 is 0 Å². The number of nitrogens with one attached hydrogen (secondary N) is 4. The Morgan fingerprint density at radius 1 is 1.00 bits per heavy atom. The predicted octanol–water partition coefficient (Wildman–Crippen LogP) is 0.162. The van der Waals surface area contributed by atoms with Gasteiger partial charge in [0.05, 0.1) is 18.7 Å². The molecule has 1 saturated heterocycles. The van der Waals surface area contributed by atoms with Crippen molar-refractivity contribution in [1.82, 2.24) is 16.2 Å². The van der Waals surface area contributed by atoms with E-state index in [2.05, 4.69) is 21.2 Å². The zero-order valence-corrected chi connectivity index (χ0v) is 14.9. The van der Waals surface area contributed by atoms with E-state index in [4.69, 9.17) is 0 Å². The smallest absolute Gasteiger partial charge is 0.345 e.